The molecule has 0 aliphatic heterocycles. The molecule has 0 saturated heterocycles. The number of nitrogens with one attached hydrogen (secondary N) is 1. The largest absolute Gasteiger partial charge is 0.370 e. The Hall–Kier alpha value is -1.72. The minimum absolute atomic E-state index is 0.0648. The van der Waals surface area contributed by atoms with E-state index >= 15 is 0 Å². The van der Waals surface area contributed by atoms with Gasteiger partial charge in [-0.05, 0) is 24.6 Å². The van der Waals surface area contributed by atoms with Gasteiger partial charge in [0.05, 0.1) is 30.8 Å². The minimum Gasteiger partial charge on any atom is -0.370 e. The van der Waals surface area contributed by atoms with Gasteiger partial charge in [0, 0.05) is 17.1 Å². The molecule has 0 aliphatic carbocycles. The van der Waals surface area contributed by atoms with Gasteiger partial charge in [-0.2, -0.15) is 0 Å². The summed E-state index contributed by atoms with van der Waals surface area (Å²) in [6.45, 7) is 2.43. The topological polar surface area (TPSA) is 68.2 Å². The summed E-state index contributed by atoms with van der Waals surface area (Å²) in [6.07, 6.45) is 3.49. The highest BCUT2D eigenvalue weighted by atomic mass is 35.5. The van der Waals surface area contributed by atoms with E-state index in [1.807, 2.05) is 24.6 Å². The zero-order chi connectivity index (χ0) is 15.4. The quantitative estimate of drug-likeness (QED) is 0.670. The van der Waals surface area contributed by atoms with Crippen LogP contribution in [0.25, 0.3) is 0 Å². The Morgan fingerprint density at radius 2 is 2.24 bits per heavy atom. The van der Waals surface area contributed by atoms with Crippen LogP contribution in [0.15, 0.2) is 35.7 Å². The Labute approximate surface area is 133 Å². The molecule has 1 unspecified atom stereocenters. The Morgan fingerprint density at radius 3 is 2.86 bits per heavy atom. The lowest BCUT2D eigenvalue weighted by molar-refractivity contribution is 0.705. The van der Waals surface area contributed by atoms with E-state index in [4.69, 9.17) is 28.9 Å². The first-order valence-corrected chi connectivity index (χ1v) is 7.19. The fourth-order valence-electron chi connectivity index (χ4n) is 1.90. The molecule has 2 rings (SSSR count). The molecule has 0 bridgehead atoms. The van der Waals surface area contributed by atoms with E-state index in [9.17, 15) is 0 Å². The first kappa shape index (κ1) is 15.7. The molecule has 1 aromatic heterocycles. The maximum Gasteiger partial charge on any atom is 0.189 e. The summed E-state index contributed by atoms with van der Waals surface area (Å²) < 4.78 is 1.90. The van der Waals surface area contributed by atoms with Crippen LogP contribution in [0.4, 0.5) is 0 Å². The molecule has 21 heavy (non-hydrogen) atoms. The lowest BCUT2D eigenvalue weighted by Gasteiger charge is -2.16. The van der Waals surface area contributed by atoms with Gasteiger partial charge in [-0.3, -0.25) is 0 Å². The number of guanidine groups is 1. The van der Waals surface area contributed by atoms with Gasteiger partial charge in [0.1, 0.15) is 0 Å². The second kappa shape index (κ2) is 6.83. The molecule has 112 valence electrons. The van der Waals surface area contributed by atoms with Crippen LogP contribution in [0.3, 0.4) is 0 Å². The van der Waals surface area contributed by atoms with Crippen molar-refractivity contribution in [3.8, 4) is 0 Å². The normalized spacial score (nSPS) is 13.2. The summed E-state index contributed by atoms with van der Waals surface area (Å²) in [5, 5.41) is 4.31. The summed E-state index contributed by atoms with van der Waals surface area (Å²) >= 11 is 12.1. The molecule has 5 nitrogen and oxygen atoms in total. The number of nitrogens with zero attached hydrogens (tertiary/aromatic N) is 3. The minimum atomic E-state index is -0.0648. The van der Waals surface area contributed by atoms with E-state index in [1.54, 1.807) is 24.7 Å². The van der Waals surface area contributed by atoms with E-state index in [1.165, 1.54) is 0 Å². The van der Waals surface area contributed by atoms with Crippen molar-refractivity contribution in [3.05, 3.63) is 52.0 Å². The highest BCUT2D eigenvalue weighted by Gasteiger charge is 2.10. The third-order valence-electron chi connectivity index (χ3n) is 3.12. The van der Waals surface area contributed by atoms with Crippen molar-refractivity contribution in [3.63, 3.8) is 0 Å². The highest BCUT2D eigenvalue weighted by molar-refractivity contribution is 6.35. The molecular formula is C14H17Cl2N5. The SMILES string of the molecule is CC(NC(N)=NCc1cncn1C)c1ccc(Cl)cc1Cl. The predicted molar refractivity (Wildman–Crippen MR) is 86.5 cm³/mol. The van der Waals surface area contributed by atoms with Crippen molar-refractivity contribution in [1.82, 2.24) is 14.9 Å². The second-order valence-corrected chi connectivity index (χ2v) is 5.57. The van der Waals surface area contributed by atoms with Gasteiger partial charge >= 0.3 is 0 Å². The predicted octanol–water partition coefficient (Wildman–Crippen LogP) is 2.89. The summed E-state index contributed by atoms with van der Waals surface area (Å²) in [7, 11) is 1.91. The van der Waals surface area contributed by atoms with Gasteiger partial charge in [0.25, 0.3) is 0 Å². The van der Waals surface area contributed by atoms with Crippen molar-refractivity contribution < 1.29 is 0 Å². The Morgan fingerprint density at radius 1 is 1.48 bits per heavy atom. The van der Waals surface area contributed by atoms with Crippen molar-refractivity contribution in [2.45, 2.75) is 19.5 Å². The van der Waals surface area contributed by atoms with Gasteiger partial charge in [-0.1, -0.05) is 29.3 Å². The van der Waals surface area contributed by atoms with Crippen molar-refractivity contribution in [2.75, 3.05) is 0 Å². The monoisotopic (exact) mass is 325 g/mol. The average molecular weight is 326 g/mol. The molecule has 0 spiro atoms. The van der Waals surface area contributed by atoms with E-state index in [0.717, 1.165) is 11.3 Å². The van der Waals surface area contributed by atoms with Crippen LogP contribution in [0, 0.1) is 0 Å². The molecule has 0 saturated carbocycles. The van der Waals surface area contributed by atoms with Crippen LogP contribution >= 0.6 is 23.2 Å². The van der Waals surface area contributed by atoms with Crippen LogP contribution in [0.1, 0.15) is 24.2 Å². The smallest absolute Gasteiger partial charge is 0.189 e. The number of hydrogen-bond acceptors (Lipinski definition) is 2. The summed E-state index contributed by atoms with van der Waals surface area (Å²) in [4.78, 5) is 8.32. The Kier molecular flexibility index (Phi) is 5.09. The number of imidazole rings is 1. The van der Waals surface area contributed by atoms with Gasteiger partial charge in [-0.15, -0.1) is 0 Å². The van der Waals surface area contributed by atoms with Gasteiger partial charge in [0.15, 0.2) is 5.96 Å². The Bertz CT molecular complexity index is 651. The van der Waals surface area contributed by atoms with Gasteiger partial charge in [0.2, 0.25) is 0 Å². The molecule has 0 radical (unpaired) electrons. The maximum absolute atomic E-state index is 6.17. The zero-order valence-electron chi connectivity index (χ0n) is 11.8. The summed E-state index contributed by atoms with van der Waals surface area (Å²) in [5.74, 6) is 0.356. The molecule has 7 heteroatoms. The van der Waals surface area contributed by atoms with Crippen LogP contribution in [0.2, 0.25) is 10.0 Å². The molecule has 0 fully saturated rings. The number of aromatic nitrogens is 2. The van der Waals surface area contributed by atoms with Crippen molar-refractivity contribution in [1.29, 1.82) is 0 Å². The fraction of sp³-hybridized carbons (Fsp3) is 0.286. The zero-order valence-corrected chi connectivity index (χ0v) is 13.4. The molecule has 1 atom stereocenters. The van der Waals surface area contributed by atoms with Gasteiger partial charge < -0.3 is 15.6 Å². The van der Waals surface area contributed by atoms with E-state index < -0.39 is 0 Å². The van der Waals surface area contributed by atoms with Crippen LogP contribution in [-0.4, -0.2) is 15.5 Å². The lowest BCUT2D eigenvalue weighted by Crippen LogP contribution is -2.34. The van der Waals surface area contributed by atoms with Crippen molar-refractivity contribution >= 4 is 29.2 Å². The number of nitrogens with two attached hydrogens (primary N) is 1. The molecule has 2 aromatic rings. The standard InChI is InChI=1S/C14H17Cl2N5/c1-9(12-4-3-10(15)5-13(12)16)20-14(17)19-7-11-6-18-8-21(11)2/h3-6,8-9H,7H2,1-2H3,(H3,17,19,20). The third-order valence-corrected chi connectivity index (χ3v) is 3.68. The second-order valence-electron chi connectivity index (χ2n) is 4.73. The molecule has 0 amide bonds. The molecule has 1 heterocycles. The van der Waals surface area contributed by atoms with E-state index in [-0.39, 0.29) is 6.04 Å². The van der Waals surface area contributed by atoms with Gasteiger partial charge in [-0.25, -0.2) is 9.98 Å². The number of hydrogen-bond donors (Lipinski definition) is 2. The van der Waals surface area contributed by atoms with Crippen LogP contribution < -0.4 is 11.1 Å². The number of aliphatic imine (C=N–C) groups is 1. The number of halogens is 2. The molecule has 1 aromatic carbocycles. The first-order chi connectivity index (χ1) is 9.97. The number of rotatable bonds is 4. The van der Waals surface area contributed by atoms with Crippen LogP contribution in [-0.2, 0) is 13.6 Å². The third kappa shape index (κ3) is 4.12. The molecule has 0 aliphatic rings. The maximum atomic E-state index is 6.17. The average Bonchev–Trinajstić information content (AvgIpc) is 2.81. The molecular weight excluding hydrogens is 309 g/mol. The summed E-state index contributed by atoms with van der Waals surface area (Å²) in [5.41, 5.74) is 7.80. The first-order valence-electron chi connectivity index (χ1n) is 6.44. The summed E-state index contributed by atoms with van der Waals surface area (Å²) in [6, 6.07) is 5.31. The highest BCUT2D eigenvalue weighted by Crippen LogP contribution is 2.25. The number of aryl methyl sites for hydroxylation is 1. The number of benzene rings is 1. The molecule has 3 N–H and O–H groups in total. The van der Waals surface area contributed by atoms with E-state index in [2.05, 4.69) is 15.3 Å². The van der Waals surface area contributed by atoms with Crippen molar-refractivity contribution in [2.24, 2.45) is 17.8 Å². The fourth-order valence-corrected chi connectivity index (χ4v) is 2.47. The Balaban J connectivity index is 2.01. The van der Waals surface area contributed by atoms with E-state index in [0.29, 0.717) is 22.5 Å². The lowest BCUT2D eigenvalue weighted by atomic mass is 10.1. The van der Waals surface area contributed by atoms with Crippen LogP contribution in [0.5, 0.6) is 0 Å².